The number of rotatable bonds is 0. The molecular weight excluding hydrogens is 106 g/mol. The Hall–Kier alpha value is -0.570. The van der Waals surface area contributed by atoms with E-state index in [9.17, 15) is 4.79 Å². The average Bonchev–Trinajstić information content (AvgIpc) is 1.98. The highest BCUT2D eigenvalue weighted by Gasteiger charge is 2.16. The van der Waals surface area contributed by atoms with E-state index in [2.05, 4.69) is 0 Å². The molecule has 1 atom stereocenters. The molecule has 1 aliphatic rings. The standard InChI is InChI=1S/C5H8NO2/c1-4-5(7)6(2)3-8-4/h3-4H,1-2H3/q-1. The first-order valence-corrected chi connectivity index (χ1v) is 2.47. The van der Waals surface area contributed by atoms with Crippen LogP contribution in [0.5, 0.6) is 0 Å². The van der Waals surface area contributed by atoms with Gasteiger partial charge in [-0.25, -0.2) is 0 Å². The maximum atomic E-state index is 10.7. The SMILES string of the molecule is CC1O[CH-]N(C)C1=O. The largest absolute Gasteiger partial charge is 0.522 e. The Morgan fingerprint density at radius 3 is 2.62 bits per heavy atom. The lowest BCUT2D eigenvalue weighted by Crippen LogP contribution is -2.22. The number of hydrogen-bond acceptors (Lipinski definition) is 2. The van der Waals surface area contributed by atoms with Gasteiger partial charge in [0.2, 0.25) is 5.91 Å². The van der Waals surface area contributed by atoms with Gasteiger partial charge in [-0.05, 0) is 14.0 Å². The molecule has 1 saturated heterocycles. The summed E-state index contributed by atoms with van der Waals surface area (Å²) >= 11 is 0. The first-order chi connectivity index (χ1) is 3.72. The van der Waals surface area contributed by atoms with Crippen molar-refractivity contribution in [3.8, 4) is 0 Å². The van der Waals surface area contributed by atoms with E-state index < -0.39 is 0 Å². The Labute approximate surface area is 48.2 Å². The highest BCUT2D eigenvalue weighted by Crippen LogP contribution is 2.09. The van der Waals surface area contributed by atoms with E-state index in [1.165, 1.54) is 11.6 Å². The number of carbonyl (C=O) groups is 1. The minimum Gasteiger partial charge on any atom is -0.522 e. The van der Waals surface area contributed by atoms with Crippen molar-refractivity contribution in [2.45, 2.75) is 13.0 Å². The number of amides is 1. The lowest BCUT2D eigenvalue weighted by atomic mass is 10.4. The van der Waals surface area contributed by atoms with Crippen LogP contribution in [0, 0.1) is 6.73 Å². The molecule has 3 heteroatoms. The molecule has 0 saturated carbocycles. The van der Waals surface area contributed by atoms with Crippen molar-refractivity contribution in [1.82, 2.24) is 4.90 Å². The molecule has 0 bridgehead atoms. The van der Waals surface area contributed by atoms with Crippen LogP contribution in [-0.4, -0.2) is 24.0 Å². The van der Waals surface area contributed by atoms with Gasteiger partial charge in [0, 0.05) is 0 Å². The third-order valence-electron chi connectivity index (χ3n) is 1.12. The van der Waals surface area contributed by atoms with E-state index >= 15 is 0 Å². The van der Waals surface area contributed by atoms with Crippen molar-refractivity contribution in [2.24, 2.45) is 0 Å². The fourth-order valence-corrected chi connectivity index (χ4v) is 0.579. The van der Waals surface area contributed by atoms with Gasteiger partial charge in [0.15, 0.2) is 0 Å². The van der Waals surface area contributed by atoms with Crippen LogP contribution >= 0.6 is 0 Å². The van der Waals surface area contributed by atoms with Crippen LogP contribution in [0.4, 0.5) is 0 Å². The Kier molecular flexibility index (Phi) is 1.21. The Bertz CT molecular complexity index is 101. The number of carbonyl (C=O) groups excluding carboxylic acids is 1. The summed E-state index contributed by atoms with van der Waals surface area (Å²) in [5.41, 5.74) is 0. The highest BCUT2D eigenvalue weighted by atomic mass is 16.5. The van der Waals surface area contributed by atoms with E-state index in [0.29, 0.717) is 0 Å². The fraction of sp³-hybridized carbons (Fsp3) is 0.600. The van der Waals surface area contributed by atoms with Crippen molar-refractivity contribution in [3.05, 3.63) is 6.73 Å². The second kappa shape index (κ2) is 1.74. The maximum Gasteiger partial charge on any atom is 0.221 e. The molecule has 1 rings (SSSR count). The lowest BCUT2D eigenvalue weighted by molar-refractivity contribution is -0.128. The third kappa shape index (κ3) is 0.690. The monoisotopic (exact) mass is 114 g/mol. The molecule has 3 nitrogen and oxygen atoms in total. The van der Waals surface area contributed by atoms with Crippen LogP contribution in [0.25, 0.3) is 0 Å². The van der Waals surface area contributed by atoms with Crippen molar-refractivity contribution in [2.75, 3.05) is 7.05 Å². The summed E-state index contributed by atoms with van der Waals surface area (Å²) in [6.45, 7) is 3.15. The minimum absolute atomic E-state index is 0.0185. The predicted molar refractivity (Wildman–Crippen MR) is 27.6 cm³/mol. The molecule has 1 heterocycles. The molecule has 1 unspecified atom stereocenters. The van der Waals surface area contributed by atoms with Crippen LogP contribution in [0.3, 0.4) is 0 Å². The van der Waals surface area contributed by atoms with Crippen molar-refractivity contribution in [3.63, 3.8) is 0 Å². The summed E-state index contributed by atoms with van der Waals surface area (Å²) in [6.07, 6.45) is -0.278. The van der Waals surface area contributed by atoms with Gasteiger partial charge < -0.3 is 9.64 Å². The van der Waals surface area contributed by atoms with Crippen LogP contribution in [0.15, 0.2) is 0 Å². The van der Waals surface area contributed by atoms with Crippen molar-refractivity contribution >= 4 is 5.91 Å². The minimum atomic E-state index is -0.278. The van der Waals surface area contributed by atoms with Gasteiger partial charge in [-0.1, -0.05) is 0 Å². The van der Waals surface area contributed by atoms with Crippen LogP contribution in [0.2, 0.25) is 0 Å². The summed E-state index contributed by atoms with van der Waals surface area (Å²) in [4.78, 5) is 12.1. The molecule has 0 aliphatic carbocycles. The molecule has 1 fully saturated rings. The molecule has 0 aromatic carbocycles. The summed E-state index contributed by atoms with van der Waals surface area (Å²) in [5.74, 6) is 0.0185. The summed E-state index contributed by atoms with van der Waals surface area (Å²) in [6, 6.07) is 0. The second-order valence-electron chi connectivity index (χ2n) is 1.83. The molecule has 1 aliphatic heterocycles. The molecule has 8 heavy (non-hydrogen) atoms. The van der Waals surface area contributed by atoms with E-state index in [1.54, 1.807) is 14.0 Å². The number of likely N-dealkylation sites (N-methyl/N-ethyl adjacent to an activating group) is 1. The topological polar surface area (TPSA) is 29.5 Å². The average molecular weight is 114 g/mol. The van der Waals surface area contributed by atoms with Crippen LogP contribution in [0.1, 0.15) is 6.92 Å². The van der Waals surface area contributed by atoms with E-state index in [-0.39, 0.29) is 12.0 Å². The Morgan fingerprint density at radius 1 is 1.88 bits per heavy atom. The Morgan fingerprint density at radius 2 is 2.50 bits per heavy atom. The quantitative estimate of drug-likeness (QED) is 0.414. The third-order valence-corrected chi connectivity index (χ3v) is 1.12. The van der Waals surface area contributed by atoms with Gasteiger partial charge in [0.25, 0.3) is 0 Å². The molecule has 46 valence electrons. The van der Waals surface area contributed by atoms with Gasteiger partial charge >= 0.3 is 0 Å². The van der Waals surface area contributed by atoms with E-state index in [1.807, 2.05) is 0 Å². The van der Waals surface area contributed by atoms with Gasteiger partial charge in [0.05, 0.1) is 0 Å². The van der Waals surface area contributed by atoms with Gasteiger partial charge in [-0.3, -0.25) is 4.79 Å². The molecule has 0 aromatic rings. The maximum absolute atomic E-state index is 10.7. The first kappa shape index (κ1) is 5.56. The molecule has 0 spiro atoms. The smallest absolute Gasteiger partial charge is 0.221 e. The number of ether oxygens (including phenoxy) is 1. The number of hydrogen-bond donors (Lipinski definition) is 0. The zero-order valence-corrected chi connectivity index (χ0v) is 4.92. The van der Waals surface area contributed by atoms with Crippen molar-refractivity contribution in [1.29, 1.82) is 0 Å². The number of nitrogens with zero attached hydrogens (tertiary/aromatic N) is 1. The highest BCUT2D eigenvalue weighted by molar-refractivity contribution is 5.82. The zero-order valence-electron chi connectivity index (χ0n) is 4.92. The lowest BCUT2D eigenvalue weighted by Gasteiger charge is -2.14. The summed E-state index contributed by atoms with van der Waals surface area (Å²) in [7, 11) is 1.67. The first-order valence-electron chi connectivity index (χ1n) is 2.47. The molecule has 0 aromatic heterocycles. The fourth-order valence-electron chi connectivity index (χ4n) is 0.579. The van der Waals surface area contributed by atoms with Gasteiger partial charge in [0.1, 0.15) is 6.10 Å². The predicted octanol–water partition coefficient (Wildman–Crippen LogP) is -0.0172. The molecule has 1 amide bonds. The molecule has 0 radical (unpaired) electrons. The second-order valence-corrected chi connectivity index (χ2v) is 1.83. The zero-order chi connectivity index (χ0) is 6.15. The van der Waals surface area contributed by atoms with E-state index in [0.717, 1.165) is 0 Å². The summed E-state index contributed by atoms with van der Waals surface area (Å²) < 4.78 is 4.83. The van der Waals surface area contributed by atoms with E-state index in [4.69, 9.17) is 4.74 Å². The molecular formula is C5H8NO2-. The molecule has 0 N–H and O–H groups in total. The summed E-state index contributed by atoms with van der Waals surface area (Å²) in [5, 5.41) is 0. The van der Waals surface area contributed by atoms with Gasteiger partial charge in [-0.2, -0.15) is 0 Å². The van der Waals surface area contributed by atoms with Crippen LogP contribution in [-0.2, 0) is 9.53 Å². The van der Waals surface area contributed by atoms with Crippen LogP contribution < -0.4 is 0 Å². The van der Waals surface area contributed by atoms with Gasteiger partial charge in [-0.15, -0.1) is 6.73 Å². The Balaban J connectivity index is 2.57. The van der Waals surface area contributed by atoms with Crippen molar-refractivity contribution < 1.29 is 9.53 Å². The normalized spacial score (nSPS) is 29.5.